The minimum Gasteiger partial charge on any atom is -0.323 e. The highest BCUT2D eigenvalue weighted by Gasteiger charge is 2.27. The Kier molecular flexibility index (Phi) is 2.91. The molecule has 1 unspecified atom stereocenters. The molecule has 1 fully saturated rings. The van der Waals surface area contributed by atoms with E-state index in [-0.39, 0.29) is 11.9 Å². The first kappa shape index (κ1) is 10.7. The van der Waals surface area contributed by atoms with Crippen LogP contribution in [0.15, 0.2) is 12.4 Å². The molecule has 1 aromatic heterocycles. The average molecular weight is 218 g/mol. The number of aromatic nitrogens is 2. The molecule has 5 nitrogen and oxygen atoms in total. The van der Waals surface area contributed by atoms with E-state index in [0.717, 1.165) is 19.3 Å². The van der Waals surface area contributed by atoms with Gasteiger partial charge in [0.2, 0.25) is 0 Å². The van der Waals surface area contributed by atoms with Gasteiger partial charge in [0.15, 0.2) is 0 Å². The van der Waals surface area contributed by atoms with Gasteiger partial charge < -0.3 is 4.90 Å². The molecule has 0 radical (unpaired) electrons. The maximum absolute atomic E-state index is 12.1. The van der Waals surface area contributed by atoms with E-state index in [9.17, 15) is 4.79 Å². The third kappa shape index (κ3) is 1.91. The molecule has 0 N–H and O–H groups in total. The van der Waals surface area contributed by atoms with Crippen molar-refractivity contribution in [1.82, 2.24) is 14.7 Å². The fraction of sp³-hybridized carbons (Fsp3) is 0.545. The lowest BCUT2D eigenvalue weighted by Crippen LogP contribution is -2.42. The number of hydrogen-bond donors (Lipinski definition) is 0. The zero-order chi connectivity index (χ0) is 11.5. The number of amides is 1. The molecule has 2 heterocycles. The van der Waals surface area contributed by atoms with Crippen molar-refractivity contribution in [2.24, 2.45) is 7.05 Å². The van der Waals surface area contributed by atoms with Crippen LogP contribution < -0.4 is 0 Å². The molecule has 1 aromatic rings. The quantitative estimate of drug-likeness (QED) is 0.704. The van der Waals surface area contributed by atoms with Gasteiger partial charge in [-0.1, -0.05) is 0 Å². The lowest BCUT2D eigenvalue weighted by atomic mass is 10.0. The summed E-state index contributed by atoms with van der Waals surface area (Å²) in [6.45, 7) is 0.673. The van der Waals surface area contributed by atoms with Crippen LogP contribution in [0, 0.1) is 11.3 Å². The van der Waals surface area contributed by atoms with Crippen molar-refractivity contribution in [2.75, 3.05) is 6.54 Å². The van der Waals surface area contributed by atoms with Crippen molar-refractivity contribution in [3.63, 3.8) is 0 Å². The monoisotopic (exact) mass is 218 g/mol. The highest BCUT2D eigenvalue weighted by atomic mass is 16.2. The van der Waals surface area contributed by atoms with Crippen LogP contribution in [0.4, 0.5) is 0 Å². The van der Waals surface area contributed by atoms with E-state index in [1.807, 2.05) is 0 Å². The fourth-order valence-corrected chi connectivity index (χ4v) is 2.01. The third-order valence-electron chi connectivity index (χ3n) is 2.86. The summed E-state index contributed by atoms with van der Waals surface area (Å²) in [5.41, 5.74) is 0.560. The van der Waals surface area contributed by atoms with Gasteiger partial charge in [-0.3, -0.25) is 9.48 Å². The Bertz CT molecular complexity index is 431. The van der Waals surface area contributed by atoms with Crippen molar-refractivity contribution in [1.29, 1.82) is 5.26 Å². The molecule has 2 rings (SSSR count). The van der Waals surface area contributed by atoms with Crippen molar-refractivity contribution < 1.29 is 4.79 Å². The Labute approximate surface area is 94.3 Å². The fourth-order valence-electron chi connectivity index (χ4n) is 2.01. The smallest absolute Gasteiger partial charge is 0.258 e. The molecule has 16 heavy (non-hydrogen) atoms. The SMILES string of the molecule is Cn1cc(C(=O)N2CCCCC2C#N)cn1. The minimum absolute atomic E-state index is 0.0839. The summed E-state index contributed by atoms with van der Waals surface area (Å²) in [4.78, 5) is 13.8. The van der Waals surface area contributed by atoms with Gasteiger partial charge in [0, 0.05) is 19.8 Å². The first-order chi connectivity index (χ1) is 7.72. The molecule has 0 aromatic carbocycles. The van der Waals surface area contributed by atoms with Crippen LogP contribution in [-0.2, 0) is 7.05 Å². The van der Waals surface area contributed by atoms with Crippen LogP contribution in [0.25, 0.3) is 0 Å². The van der Waals surface area contributed by atoms with E-state index in [4.69, 9.17) is 5.26 Å². The van der Waals surface area contributed by atoms with Gasteiger partial charge >= 0.3 is 0 Å². The van der Waals surface area contributed by atoms with Gasteiger partial charge in [0.25, 0.3) is 5.91 Å². The standard InChI is InChI=1S/C11H14N4O/c1-14-8-9(7-13-14)11(16)15-5-3-2-4-10(15)6-12/h7-8,10H,2-5H2,1H3. The Morgan fingerprint density at radius 1 is 1.62 bits per heavy atom. The molecule has 1 aliphatic heterocycles. The summed E-state index contributed by atoms with van der Waals surface area (Å²) < 4.78 is 1.60. The second kappa shape index (κ2) is 4.35. The van der Waals surface area contributed by atoms with Gasteiger partial charge in [0.1, 0.15) is 6.04 Å². The molecule has 0 spiro atoms. The van der Waals surface area contributed by atoms with Crippen LogP contribution in [0.1, 0.15) is 29.6 Å². The highest BCUT2D eigenvalue weighted by molar-refractivity contribution is 5.94. The highest BCUT2D eigenvalue weighted by Crippen LogP contribution is 2.18. The second-order valence-corrected chi connectivity index (χ2v) is 4.04. The summed E-state index contributed by atoms with van der Waals surface area (Å²) in [6, 6.07) is 1.91. The molecule has 1 aliphatic rings. The van der Waals surface area contributed by atoms with E-state index >= 15 is 0 Å². The second-order valence-electron chi connectivity index (χ2n) is 4.04. The molecule has 0 saturated carbocycles. The van der Waals surface area contributed by atoms with Gasteiger partial charge in [-0.05, 0) is 19.3 Å². The zero-order valence-corrected chi connectivity index (χ0v) is 9.26. The lowest BCUT2D eigenvalue weighted by Gasteiger charge is -2.30. The predicted molar refractivity (Wildman–Crippen MR) is 57.5 cm³/mol. The minimum atomic E-state index is -0.276. The van der Waals surface area contributed by atoms with E-state index < -0.39 is 0 Å². The van der Waals surface area contributed by atoms with Crippen molar-refractivity contribution in [2.45, 2.75) is 25.3 Å². The molecule has 1 saturated heterocycles. The summed E-state index contributed by atoms with van der Waals surface area (Å²) in [5.74, 6) is -0.0839. The Morgan fingerprint density at radius 3 is 3.06 bits per heavy atom. The van der Waals surface area contributed by atoms with E-state index in [2.05, 4.69) is 11.2 Å². The van der Waals surface area contributed by atoms with Gasteiger partial charge in [-0.25, -0.2) is 0 Å². The number of hydrogen-bond acceptors (Lipinski definition) is 3. The third-order valence-corrected chi connectivity index (χ3v) is 2.86. The molecule has 5 heteroatoms. The largest absolute Gasteiger partial charge is 0.323 e. The van der Waals surface area contributed by atoms with Crippen LogP contribution >= 0.6 is 0 Å². The number of aryl methyl sites for hydroxylation is 1. The number of carbonyl (C=O) groups excluding carboxylic acids is 1. The van der Waals surface area contributed by atoms with E-state index in [1.165, 1.54) is 0 Å². The Balaban J connectivity index is 2.17. The zero-order valence-electron chi connectivity index (χ0n) is 9.26. The lowest BCUT2D eigenvalue weighted by molar-refractivity contribution is 0.0670. The topological polar surface area (TPSA) is 61.9 Å². The van der Waals surface area contributed by atoms with Gasteiger partial charge in [-0.2, -0.15) is 10.4 Å². The average Bonchev–Trinajstić information content (AvgIpc) is 2.75. The molecule has 84 valence electrons. The first-order valence-electron chi connectivity index (χ1n) is 5.41. The van der Waals surface area contributed by atoms with Crippen LogP contribution in [0.2, 0.25) is 0 Å². The molecular weight excluding hydrogens is 204 g/mol. The number of rotatable bonds is 1. The van der Waals surface area contributed by atoms with Gasteiger partial charge in [-0.15, -0.1) is 0 Å². The van der Waals surface area contributed by atoms with Crippen molar-refractivity contribution >= 4 is 5.91 Å². The maximum atomic E-state index is 12.1. The maximum Gasteiger partial charge on any atom is 0.258 e. The summed E-state index contributed by atoms with van der Waals surface area (Å²) in [6.07, 6.45) is 6.01. The van der Waals surface area contributed by atoms with E-state index in [0.29, 0.717) is 12.1 Å². The predicted octanol–water partition coefficient (Wildman–Crippen LogP) is 0.938. The van der Waals surface area contributed by atoms with Crippen molar-refractivity contribution in [3.05, 3.63) is 18.0 Å². The number of likely N-dealkylation sites (tertiary alicyclic amines) is 1. The van der Waals surface area contributed by atoms with Gasteiger partial charge in [0.05, 0.1) is 17.8 Å². The van der Waals surface area contributed by atoms with Crippen LogP contribution in [-0.4, -0.2) is 33.2 Å². The summed E-state index contributed by atoms with van der Waals surface area (Å²) in [5, 5.41) is 13.0. The number of nitrogens with zero attached hydrogens (tertiary/aromatic N) is 4. The number of piperidine rings is 1. The molecule has 0 bridgehead atoms. The first-order valence-corrected chi connectivity index (χ1v) is 5.41. The molecule has 1 amide bonds. The number of carbonyl (C=O) groups is 1. The molecule has 0 aliphatic carbocycles. The van der Waals surface area contributed by atoms with Crippen LogP contribution in [0.5, 0.6) is 0 Å². The Hall–Kier alpha value is -1.83. The molecule has 1 atom stereocenters. The van der Waals surface area contributed by atoms with E-state index in [1.54, 1.807) is 29.0 Å². The summed E-state index contributed by atoms with van der Waals surface area (Å²) in [7, 11) is 1.77. The number of nitriles is 1. The summed E-state index contributed by atoms with van der Waals surface area (Å²) >= 11 is 0. The normalized spacial score (nSPS) is 20.5. The Morgan fingerprint density at radius 2 is 2.44 bits per heavy atom. The van der Waals surface area contributed by atoms with Crippen LogP contribution in [0.3, 0.4) is 0 Å². The molecular formula is C11H14N4O. The van der Waals surface area contributed by atoms with Crippen molar-refractivity contribution in [3.8, 4) is 6.07 Å².